The number of nitrogens with zero attached hydrogens (tertiary/aromatic N) is 1. The fraction of sp³-hybridized carbons (Fsp3) is 0.412. The molecule has 20 heavy (non-hydrogen) atoms. The SMILES string of the molecule is Cc1cccc2c1OCCCC2Nn1c(C)ccc1C. The lowest BCUT2D eigenvalue weighted by Crippen LogP contribution is -2.22. The highest BCUT2D eigenvalue weighted by atomic mass is 16.5. The van der Waals surface area contributed by atoms with Gasteiger partial charge in [0.2, 0.25) is 0 Å². The van der Waals surface area contributed by atoms with Gasteiger partial charge in [0.05, 0.1) is 12.6 Å². The van der Waals surface area contributed by atoms with Gasteiger partial charge in [-0.2, -0.15) is 0 Å². The Balaban J connectivity index is 1.97. The van der Waals surface area contributed by atoms with E-state index in [1.807, 2.05) is 0 Å². The molecule has 0 aliphatic carbocycles. The molecule has 0 radical (unpaired) electrons. The summed E-state index contributed by atoms with van der Waals surface area (Å²) in [4.78, 5) is 0. The maximum atomic E-state index is 5.94. The van der Waals surface area contributed by atoms with E-state index in [0.717, 1.165) is 25.2 Å². The lowest BCUT2D eigenvalue weighted by molar-refractivity contribution is 0.314. The molecule has 0 saturated heterocycles. The van der Waals surface area contributed by atoms with Crippen LogP contribution in [0.25, 0.3) is 0 Å². The van der Waals surface area contributed by atoms with Crippen LogP contribution in [0.2, 0.25) is 0 Å². The third-order valence-corrected chi connectivity index (χ3v) is 4.06. The first-order chi connectivity index (χ1) is 9.66. The van der Waals surface area contributed by atoms with Gasteiger partial charge in [0, 0.05) is 17.0 Å². The molecule has 0 fully saturated rings. The van der Waals surface area contributed by atoms with E-state index in [2.05, 4.69) is 61.2 Å². The topological polar surface area (TPSA) is 26.2 Å². The zero-order valence-electron chi connectivity index (χ0n) is 12.4. The number of benzene rings is 1. The van der Waals surface area contributed by atoms with Gasteiger partial charge in [-0.3, -0.25) is 4.68 Å². The zero-order chi connectivity index (χ0) is 14.1. The molecule has 1 aliphatic rings. The van der Waals surface area contributed by atoms with E-state index in [1.165, 1.54) is 22.5 Å². The first-order valence-electron chi connectivity index (χ1n) is 7.30. The van der Waals surface area contributed by atoms with Crippen LogP contribution in [0, 0.1) is 20.8 Å². The van der Waals surface area contributed by atoms with Crippen LogP contribution in [0.15, 0.2) is 30.3 Å². The summed E-state index contributed by atoms with van der Waals surface area (Å²) < 4.78 is 8.12. The molecule has 0 bridgehead atoms. The predicted octanol–water partition coefficient (Wildman–Crippen LogP) is 3.87. The van der Waals surface area contributed by atoms with E-state index < -0.39 is 0 Å². The summed E-state index contributed by atoms with van der Waals surface area (Å²) in [7, 11) is 0. The normalized spacial score (nSPS) is 18.1. The van der Waals surface area contributed by atoms with Gasteiger partial charge in [0.1, 0.15) is 5.75 Å². The fourth-order valence-electron chi connectivity index (χ4n) is 2.93. The quantitative estimate of drug-likeness (QED) is 0.896. The Labute approximate surface area is 120 Å². The number of rotatable bonds is 2. The van der Waals surface area contributed by atoms with Gasteiger partial charge in [-0.05, 0) is 51.3 Å². The van der Waals surface area contributed by atoms with Crippen LogP contribution in [0.1, 0.15) is 41.4 Å². The Hall–Kier alpha value is -1.90. The third kappa shape index (κ3) is 2.28. The van der Waals surface area contributed by atoms with Crippen molar-refractivity contribution in [2.24, 2.45) is 0 Å². The van der Waals surface area contributed by atoms with Gasteiger partial charge < -0.3 is 10.2 Å². The molecule has 1 atom stereocenters. The van der Waals surface area contributed by atoms with E-state index in [-0.39, 0.29) is 0 Å². The highest BCUT2D eigenvalue weighted by Crippen LogP contribution is 2.34. The highest BCUT2D eigenvalue weighted by Gasteiger charge is 2.21. The van der Waals surface area contributed by atoms with Crippen LogP contribution in [0.4, 0.5) is 0 Å². The van der Waals surface area contributed by atoms with E-state index in [0.29, 0.717) is 6.04 Å². The molecule has 1 N–H and O–H groups in total. The highest BCUT2D eigenvalue weighted by molar-refractivity contribution is 5.44. The number of fused-ring (bicyclic) bond motifs is 1. The van der Waals surface area contributed by atoms with Crippen molar-refractivity contribution in [3.63, 3.8) is 0 Å². The average Bonchev–Trinajstić information content (AvgIpc) is 2.65. The Bertz CT molecular complexity index is 596. The second-order valence-electron chi connectivity index (χ2n) is 5.62. The van der Waals surface area contributed by atoms with Crippen molar-refractivity contribution in [2.75, 3.05) is 12.0 Å². The summed E-state index contributed by atoms with van der Waals surface area (Å²) >= 11 is 0. The summed E-state index contributed by atoms with van der Waals surface area (Å²) in [6, 6.07) is 11.0. The van der Waals surface area contributed by atoms with Crippen LogP contribution < -0.4 is 10.2 Å². The van der Waals surface area contributed by atoms with Gasteiger partial charge >= 0.3 is 0 Å². The number of ether oxygens (including phenoxy) is 1. The summed E-state index contributed by atoms with van der Waals surface area (Å²) in [6.45, 7) is 7.18. The first-order valence-corrected chi connectivity index (χ1v) is 7.30. The van der Waals surface area contributed by atoms with Crippen LogP contribution >= 0.6 is 0 Å². The number of hydrogen-bond acceptors (Lipinski definition) is 2. The Morgan fingerprint density at radius 1 is 1.10 bits per heavy atom. The molecular formula is C17H22N2O. The Morgan fingerprint density at radius 2 is 1.85 bits per heavy atom. The summed E-state index contributed by atoms with van der Waals surface area (Å²) in [6.07, 6.45) is 2.17. The molecule has 0 amide bonds. The lowest BCUT2D eigenvalue weighted by Gasteiger charge is -2.23. The van der Waals surface area contributed by atoms with E-state index >= 15 is 0 Å². The van der Waals surface area contributed by atoms with Crippen LogP contribution in [-0.2, 0) is 0 Å². The molecule has 2 heterocycles. The van der Waals surface area contributed by atoms with Gasteiger partial charge in [-0.15, -0.1) is 0 Å². The molecule has 0 saturated carbocycles. The van der Waals surface area contributed by atoms with Crippen LogP contribution in [0.3, 0.4) is 0 Å². The molecule has 3 heteroatoms. The van der Waals surface area contributed by atoms with Crippen molar-refractivity contribution in [1.29, 1.82) is 0 Å². The second kappa shape index (κ2) is 5.23. The zero-order valence-corrected chi connectivity index (χ0v) is 12.4. The molecule has 1 aromatic carbocycles. The standard InChI is InChI=1S/C17H22N2O/c1-12-6-4-7-15-16(8-5-11-20-17(12)15)18-19-13(2)9-10-14(19)3/h4,6-7,9-10,16,18H,5,8,11H2,1-3H3. The first kappa shape index (κ1) is 13.1. The molecule has 3 rings (SSSR count). The van der Waals surface area contributed by atoms with E-state index in [1.54, 1.807) is 0 Å². The van der Waals surface area contributed by atoms with Crippen molar-refractivity contribution >= 4 is 0 Å². The third-order valence-electron chi connectivity index (χ3n) is 4.06. The summed E-state index contributed by atoms with van der Waals surface area (Å²) in [5, 5.41) is 0. The lowest BCUT2D eigenvalue weighted by atomic mass is 10.0. The maximum absolute atomic E-state index is 5.94. The molecule has 3 nitrogen and oxygen atoms in total. The molecule has 2 aromatic rings. The summed E-state index contributed by atoms with van der Waals surface area (Å²) in [5.74, 6) is 1.06. The largest absolute Gasteiger partial charge is 0.493 e. The number of hydrogen-bond donors (Lipinski definition) is 1. The monoisotopic (exact) mass is 270 g/mol. The molecule has 106 valence electrons. The smallest absolute Gasteiger partial charge is 0.127 e. The van der Waals surface area contributed by atoms with Crippen molar-refractivity contribution in [3.05, 3.63) is 52.8 Å². The van der Waals surface area contributed by atoms with Crippen LogP contribution in [0.5, 0.6) is 5.75 Å². The van der Waals surface area contributed by atoms with E-state index in [4.69, 9.17) is 4.74 Å². The average molecular weight is 270 g/mol. The van der Waals surface area contributed by atoms with Gasteiger partial charge in [0.15, 0.2) is 0 Å². The van der Waals surface area contributed by atoms with Crippen LogP contribution in [-0.4, -0.2) is 11.3 Å². The maximum Gasteiger partial charge on any atom is 0.127 e. The minimum atomic E-state index is 0.303. The van der Waals surface area contributed by atoms with Crippen molar-refractivity contribution < 1.29 is 4.74 Å². The van der Waals surface area contributed by atoms with Crippen molar-refractivity contribution in [3.8, 4) is 5.75 Å². The van der Waals surface area contributed by atoms with Gasteiger partial charge in [0.25, 0.3) is 0 Å². The molecule has 0 spiro atoms. The number of aryl methyl sites for hydroxylation is 3. The van der Waals surface area contributed by atoms with Gasteiger partial charge in [-0.1, -0.05) is 18.2 Å². The summed E-state index contributed by atoms with van der Waals surface area (Å²) in [5.41, 5.74) is 8.63. The Kier molecular flexibility index (Phi) is 3.43. The fourth-order valence-corrected chi connectivity index (χ4v) is 2.93. The van der Waals surface area contributed by atoms with Crippen molar-refractivity contribution in [2.45, 2.75) is 39.7 Å². The van der Waals surface area contributed by atoms with Gasteiger partial charge in [-0.25, -0.2) is 0 Å². The molecule has 1 aromatic heterocycles. The van der Waals surface area contributed by atoms with E-state index in [9.17, 15) is 0 Å². The Morgan fingerprint density at radius 3 is 2.60 bits per heavy atom. The minimum absolute atomic E-state index is 0.303. The second-order valence-corrected chi connectivity index (χ2v) is 5.62. The molecular weight excluding hydrogens is 248 g/mol. The van der Waals surface area contributed by atoms with Crippen molar-refractivity contribution in [1.82, 2.24) is 4.68 Å². The number of para-hydroxylation sites is 1. The molecule has 1 unspecified atom stereocenters. The predicted molar refractivity (Wildman–Crippen MR) is 81.9 cm³/mol. The number of aromatic nitrogens is 1. The number of nitrogens with one attached hydrogen (secondary N) is 1. The minimum Gasteiger partial charge on any atom is -0.493 e. The molecule has 1 aliphatic heterocycles.